The lowest BCUT2D eigenvalue weighted by Gasteiger charge is -2.21. The van der Waals surface area contributed by atoms with Crippen molar-refractivity contribution in [3.63, 3.8) is 0 Å². The van der Waals surface area contributed by atoms with Crippen LogP contribution in [-0.4, -0.2) is 33.2 Å². The average molecular weight is 265 g/mol. The Morgan fingerprint density at radius 2 is 1.95 bits per heavy atom. The van der Waals surface area contributed by atoms with Gasteiger partial charge in [-0.1, -0.05) is 19.6 Å². The van der Waals surface area contributed by atoms with Gasteiger partial charge in [0.15, 0.2) is 11.5 Å². The molecule has 1 aromatic rings. The molecule has 0 aliphatic rings. The monoisotopic (exact) mass is 265 g/mol. The van der Waals surface area contributed by atoms with E-state index in [1.165, 1.54) is 18.2 Å². The lowest BCUT2D eigenvalue weighted by molar-refractivity contribution is -0.141. The lowest BCUT2D eigenvalue weighted by atomic mass is 9.93. The third kappa shape index (κ3) is 3.48. The predicted octanol–water partition coefficient (Wildman–Crippen LogP) is 0.957. The number of aliphatic carboxylic acids is 1. The van der Waals surface area contributed by atoms with Gasteiger partial charge in [0, 0.05) is 5.92 Å². The second-order valence-electron chi connectivity index (χ2n) is 4.07. The first-order valence-corrected chi connectivity index (χ1v) is 5.54. The Morgan fingerprint density at radius 3 is 2.42 bits per heavy atom. The Kier molecular flexibility index (Phi) is 4.52. The Labute approximate surface area is 110 Å². The van der Waals surface area contributed by atoms with Crippen molar-refractivity contribution in [3.05, 3.63) is 36.4 Å². The first kappa shape index (κ1) is 14.6. The van der Waals surface area contributed by atoms with Crippen molar-refractivity contribution < 1.29 is 24.9 Å². The number of amides is 1. The van der Waals surface area contributed by atoms with Gasteiger partial charge in [-0.3, -0.25) is 4.79 Å². The zero-order valence-corrected chi connectivity index (χ0v) is 10.3. The third-order valence-electron chi connectivity index (χ3n) is 2.77. The molecule has 102 valence electrons. The number of carboxylic acids is 1. The number of phenols is 2. The maximum absolute atomic E-state index is 11.2. The zero-order chi connectivity index (χ0) is 14.6. The molecule has 0 saturated carbocycles. The number of benzene rings is 1. The van der Waals surface area contributed by atoms with Gasteiger partial charge in [0.05, 0.1) is 0 Å². The number of carbonyl (C=O) groups is 2. The number of nitrogens with one attached hydrogen (secondary N) is 1. The van der Waals surface area contributed by atoms with E-state index in [0.29, 0.717) is 5.56 Å². The summed E-state index contributed by atoms with van der Waals surface area (Å²) in [6.07, 6.45) is 0.983. The topological polar surface area (TPSA) is 107 Å². The molecule has 0 aliphatic carbocycles. The molecule has 6 nitrogen and oxygen atoms in total. The molecular weight excluding hydrogens is 250 g/mol. The van der Waals surface area contributed by atoms with E-state index in [1.54, 1.807) is 6.92 Å². The normalized spacial score (nSPS) is 13.3. The molecule has 1 amide bonds. The van der Waals surface area contributed by atoms with Crippen molar-refractivity contribution >= 4 is 11.9 Å². The standard InChI is InChI=1S/C13H15NO5/c1-3-11(17)14-12(13(18)19)7(2)8-4-5-9(15)10(16)6-8/h3-7,12,15-16H,1H2,2H3,(H,14,17)(H,18,19). The summed E-state index contributed by atoms with van der Waals surface area (Å²) in [5, 5.41) is 30.0. The van der Waals surface area contributed by atoms with Crippen LogP contribution < -0.4 is 5.32 Å². The number of hydrogen-bond donors (Lipinski definition) is 4. The SMILES string of the molecule is C=CC(=O)NC(C(=O)O)C(C)c1ccc(O)c(O)c1. The maximum Gasteiger partial charge on any atom is 0.326 e. The van der Waals surface area contributed by atoms with E-state index < -0.39 is 23.8 Å². The molecule has 0 heterocycles. The van der Waals surface area contributed by atoms with Gasteiger partial charge in [-0.2, -0.15) is 0 Å². The molecule has 0 spiro atoms. The van der Waals surface area contributed by atoms with Gasteiger partial charge in [0.1, 0.15) is 6.04 Å². The minimum atomic E-state index is -1.20. The second-order valence-corrected chi connectivity index (χ2v) is 4.07. The lowest BCUT2D eigenvalue weighted by Crippen LogP contribution is -2.43. The number of aromatic hydroxyl groups is 2. The smallest absolute Gasteiger partial charge is 0.326 e. The van der Waals surface area contributed by atoms with E-state index in [4.69, 9.17) is 5.11 Å². The van der Waals surface area contributed by atoms with Crippen molar-refractivity contribution in [2.24, 2.45) is 0 Å². The highest BCUT2D eigenvalue weighted by Crippen LogP contribution is 2.29. The summed E-state index contributed by atoms with van der Waals surface area (Å²) in [5.74, 6) is -3.02. The summed E-state index contributed by atoms with van der Waals surface area (Å²) < 4.78 is 0. The van der Waals surface area contributed by atoms with Crippen molar-refractivity contribution in [3.8, 4) is 11.5 Å². The Balaban J connectivity index is 3.01. The summed E-state index contributed by atoms with van der Waals surface area (Å²) in [6, 6.07) is 2.84. The van der Waals surface area contributed by atoms with E-state index >= 15 is 0 Å². The van der Waals surface area contributed by atoms with Crippen molar-refractivity contribution in [1.29, 1.82) is 0 Å². The first-order chi connectivity index (χ1) is 8.86. The van der Waals surface area contributed by atoms with Crippen LogP contribution in [0.1, 0.15) is 18.4 Å². The van der Waals surface area contributed by atoms with Gasteiger partial charge in [-0.15, -0.1) is 0 Å². The maximum atomic E-state index is 11.2. The van der Waals surface area contributed by atoms with Crippen LogP contribution in [0.5, 0.6) is 11.5 Å². The molecule has 2 unspecified atom stereocenters. The van der Waals surface area contributed by atoms with Crippen LogP contribution in [0.2, 0.25) is 0 Å². The summed E-state index contributed by atoms with van der Waals surface area (Å²) in [4.78, 5) is 22.4. The minimum absolute atomic E-state index is 0.294. The molecule has 4 N–H and O–H groups in total. The van der Waals surface area contributed by atoms with Crippen LogP contribution in [0.3, 0.4) is 0 Å². The first-order valence-electron chi connectivity index (χ1n) is 5.54. The molecule has 1 rings (SSSR count). The minimum Gasteiger partial charge on any atom is -0.504 e. The fourth-order valence-electron chi connectivity index (χ4n) is 1.63. The van der Waals surface area contributed by atoms with Gasteiger partial charge < -0.3 is 20.6 Å². The average Bonchev–Trinajstić information content (AvgIpc) is 2.37. The van der Waals surface area contributed by atoms with Gasteiger partial charge in [0.2, 0.25) is 5.91 Å². The molecule has 0 radical (unpaired) electrons. The Hall–Kier alpha value is -2.50. The van der Waals surface area contributed by atoms with Gasteiger partial charge >= 0.3 is 5.97 Å². The van der Waals surface area contributed by atoms with Gasteiger partial charge in [0.25, 0.3) is 0 Å². The van der Waals surface area contributed by atoms with E-state index in [-0.39, 0.29) is 11.5 Å². The molecule has 2 atom stereocenters. The largest absolute Gasteiger partial charge is 0.504 e. The molecule has 1 aromatic carbocycles. The van der Waals surface area contributed by atoms with Crippen LogP contribution in [0.15, 0.2) is 30.9 Å². The fourth-order valence-corrected chi connectivity index (χ4v) is 1.63. The van der Waals surface area contributed by atoms with Gasteiger partial charge in [-0.25, -0.2) is 4.79 Å². The second kappa shape index (κ2) is 5.90. The van der Waals surface area contributed by atoms with Crippen LogP contribution in [-0.2, 0) is 9.59 Å². The van der Waals surface area contributed by atoms with Crippen molar-refractivity contribution in [2.75, 3.05) is 0 Å². The number of carboxylic acid groups (broad SMARTS) is 1. The van der Waals surface area contributed by atoms with Crippen LogP contribution in [0.4, 0.5) is 0 Å². The number of phenolic OH excluding ortho intramolecular Hbond substituents is 2. The molecule has 0 aromatic heterocycles. The Bertz CT molecular complexity index is 512. The van der Waals surface area contributed by atoms with Crippen molar-refractivity contribution in [1.82, 2.24) is 5.32 Å². The zero-order valence-electron chi connectivity index (χ0n) is 10.3. The van der Waals surface area contributed by atoms with Crippen LogP contribution in [0.25, 0.3) is 0 Å². The third-order valence-corrected chi connectivity index (χ3v) is 2.77. The van der Waals surface area contributed by atoms with E-state index in [2.05, 4.69) is 11.9 Å². The van der Waals surface area contributed by atoms with Crippen molar-refractivity contribution in [2.45, 2.75) is 18.9 Å². The highest BCUT2D eigenvalue weighted by molar-refractivity contribution is 5.91. The molecule has 0 aliphatic heterocycles. The van der Waals surface area contributed by atoms with Crippen LogP contribution in [0, 0.1) is 0 Å². The highest BCUT2D eigenvalue weighted by atomic mass is 16.4. The molecule has 0 fully saturated rings. The highest BCUT2D eigenvalue weighted by Gasteiger charge is 2.27. The molecule has 6 heteroatoms. The Morgan fingerprint density at radius 1 is 1.32 bits per heavy atom. The fraction of sp³-hybridized carbons (Fsp3) is 0.231. The summed E-state index contributed by atoms with van der Waals surface area (Å²) in [7, 11) is 0. The number of rotatable bonds is 5. The number of carbonyl (C=O) groups excluding carboxylic acids is 1. The summed E-state index contributed by atoms with van der Waals surface area (Å²) >= 11 is 0. The molecular formula is C13H15NO5. The van der Waals surface area contributed by atoms with E-state index in [1.807, 2.05) is 0 Å². The summed E-state index contributed by atoms with van der Waals surface area (Å²) in [5.41, 5.74) is 0.479. The number of hydrogen-bond acceptors (Lipinski definition) is 4. The predicted molar refractivity (Wildman–Crippen MR) is 68.0 cm³/mol. The molecule has 0 bridgehead atoms. The van der Waals surface area contributed by atoms with Crippen LogP contribution >= 0.6 is 0 Å². The van der Waals surface area contributed by atoms with E-state index in [0.717, 1.165) is 6.08 Å². The summed E-state index contributed by atoms with van der Waals surface area (Å²) in [6.45, 7) is 4.84. The molecule has 0 saturated heterocycles. The van der Waals surface area contributed by atoms with Gasteiger partial charge in [-0.05, 0) is 23.8 Å². The quantitative estimate of drug-likeness (QED) is 0.468. The van der Waals surface area contributed by atoms with E-state index in [9.17, 15) is 19.8 Å². The molecule has 19 heavy (non-hydrogen) atoms.